The average molecular weight is 637 g/mol. The maximum atomic E-state index is 13.2. The summed E-state index contributed by atoms with van der Waals surface area (Å²) < 4.78 is 29.0. The number of carbonyl (C=O) groups is 3. The number of nitrogens with zero attached hydrogens (tertiary/aromatic N) is 1. The molecule has 1 amide bonds. The molecular weight excluding hydrogens is 596 g/mol. The zero-order chi connectivity index (χ0) is 32.5. The molecule has 1 saturated heterocycles. The second-order valence-corrected chi connectivity index (χ2v) is 12.1. The molecule has 1 N–H and O–H groups in total. The van der Waals surface area contributed by atoms with Crippen LogP contribution < -0.4 is 5.32 Å². The largest absolute Gasteiger partial charge is 0.461 e. The smallest absolute Gasteiger partial charge is 0.344 e. The third-order valence-electron chi connectivity index (χ3n) is 7.21. The van der Waals surface area contributed by atoms with Crippen LogP contribution in [0.2, 0.25) is 0 Å². The fourth-order valence-electron chi connectivity index (χ4n) is 5.18. The molecule has 4 rings (SSSR count). The molecule has 5 atom stereocenters. The summed E-state index contributed by atoms with van der Waals surface area (Å²) in [6.45, 7) is 15.2. The van der Waals surface area contributed by atoms with Crippen LogP contribution in [0.5, 0.6) is 0 Å². The number of amides is 1. The van der Waals surface area contributed by atoms with Crippen LogP contribution in [0, 0.1) is 20.8 Å². The summed E-state index contributed by atoms with van der Waals surface area (Å²) in [4.78, 5) is 43.2. The van der Waals surface area contributed by atoms with E-state index in [2.05, 4.69) is 42.5 Å². The van der Waals surface area contributed by atoms with Gasteiger partial charge in [0.25, 0.3) is 5.91 Å². The molecule has 0 saturated carbocycles. The molecule has 2 aliphatic heterocycles. The number of cyclic esters (lactones) is 1. The summed E-state index contributed by atoms with van der Waals surface area (Å²) in [5.41, 5.74) is 4.30. The topological polar surface area (TPSA) is 126 Å². The Bertz CT molecular complexity index is 1460. The Balaban J connectivity index is 1.44. The molecule has 0 aliphatic carbocycles. The van der Waals surface area contributed by atoms with Crippen molar-refractivity contribution in [3.8, 4) is 0 Å². The first-order valence-corrected chi connectivity index (χ1v) is 15.8. The number of aromatic nitrogens is 1. The molecule has 0 bridgehead atoms. The highest BCUT2D eigenvalue weighted by Gasteiger charge is 2.33. The van der Waals surface area contributed by atoms with E-state index in [0.29, 0.717) is 30.1 Å². The predicted molar refractivity (Wildman–Crippen MR) is 170 cm³/mol. The normalized spacial score (nSPS) is 25.2. The first-order valence-electron chi connectivity index (χ1n) is 14.8. The Kier molecular flexibility index (Phi) is 12.0. The number of esters is 2. The molecule has 0 spiro atoms. The van der Waals surface area contributed by atoms with Crippen LogP contribution in [0.1, 0.15) is 64.7 Å². The highest BCUT2D eigenvalue weighted by Crippen LogP contribution is 2.35. The molecule has 3 heterocycles. The molecule has 1 aromatic carbocycles. The summed E-state index contributed by atoms with van der Waals surface area (Å²) in [5.74, 6) is -1.37. The Morgan fingerprint density at radius 2 is 1.93 bits per heavy atom. The van der Waals surface area contributed by atoms with E-state index in [4.69, 9.17) is 23.4 Å². The van der Waals surface area contributed by atoms with E-state index < -0.39 is 36.3 Å². The molecule has 11 heteroatoms. The van der Waals surface area contributed by atoms with Crippen molar-refractivity contribution in [1.29, 1.82) is 0 Å². The van der Waals surface area contributed by atoms with Crippen molar-refractivity contribution >= 4 is 29.6 Å². The molecule has 45 heavy (non-hydrogen) atoms. The van der Waals surface area contributed by atoms with Crippen molar-refractivity contribution in [3.63, 3.8) is 0 Å². The molecular formula is C34H40N2O8S. The van der Waals surface area contributed by atoms with E-state index >= 15 is 0 Å². The second kappa shape index (κ2) is 15.9. The first kappa shape index (κ1) is 34.0. The molecule has 0 unspecified atom stereocenters. The van der Waals surface area contributed by atoms with E-state index in [1.54, 1.807) is 19.1 Å². The van der Waals surface area contributed by atoms with Crippen molar-refractivity contribution < 1.29 is 37.7 Å². The Morgan fingerprint density at radius 3 is 2.64 bits per heavy atom. The molecule has 10 nitrogen and oxygen atoms in total. The van der Waals surface area contributed by atoms with E-state index in [0.717, 1.165) is 34.0 Å². The molecule has 1 fully saturated rings. The van der Waals surface area contributed by atoms with Gasteiger partial charge < -0.3 is 28.7 Å². The second-order valence-electron chi connectivity index (χ2n) is 11.0. The van der Waals surface area contributed by atoms with Crippen LogP contribution in [0.3, 0.4) is 0 Å². The van der Waals surface area contributed by atoms with Crippen LogP contribution in [0.4, 0.5) is 0 Å². The number of allylic oxidation sites excluding steroid dienone is 2. The lowest BCUT2D eigenvalue weighted by Crippen LogP contribution is -2.44. The van der Waals surface area contributed by atoms with E-state index in [9.17, 15) is 14.4 Å². The lowest BCUT2D eigenvalue weighted by atomic mass is 9.98. The number of benzene rings is 1. The first-order chi connectivity index (χ1) is 21.6. The SMILES string of the molecule is C=C/C=C/[C@@H]1C[C@H](Cc2nc(C(=O)N[C@@H]3CS/C(C(=O)OCC=C)=C\C[C@@H](C)OC3=O)co2)O[C@H](c2c(C)cc(C)cc2C)O1. The molecule has 1 aromatic heterocycles. The number of ether oxygens (including phenoxy) is 4. The van der Waals surface area contributed by atoms with Crippen LogP contribution in [0.15, 0.2) is 71.3 Å². The van der Waals surface area contributed by atoms with Gasteiger partial charge in [-0.1, -0.05) is 61.2 Å². The standard InChI is InChI=1S/C34H40N2O8S/c1-7-9-10-24-16-25(44-34(43-24)30-21(4)14-20(3)15-22(30)5)17-29-35-26(18-41-29)31(37)36-27-19-45-28(33(39)40-13-8-2)12-11-23(6)42-32(27)38/h7-10,12,14-15,18,23-25,27,34H,1-2,11,13,16-17,19H2,3-6H3,(H,36,37)/b10-9+,28-12-/t23-,24-,25-,27-,34-/m1/s1. The molecule has 0 radical (unpaired) electrons. The van der Waals surface area contributed by atoms with E-state index in [1.165, 1.54) is 12.3 Å². The molecule has 2 aromatic rings. The van der Waals surface area contributed by atoms with Gasteiger partial charge in [0.2, 0.25) is 0 Å². The lowest BCUT2D eigenvalue weighted by molar-refractivity contribution is -0.237. The highest BCUT2D eigenvalue weighted by atomic mass is 32.2. The van der Waals surface area contributed by atoms with Gasteiger partial charge >= 0.3 is 11.9 Å². The monoisotopic (exact) mass is 636 g/mol. The number of oxazole rings is 1. The highest BCUT2D eigenvalue weighted by molar-refractivity contribution is 8.04. The van der Waals surface area contributed by atoms with Crippen molar-refractivity contribution in [2.75, 3.05) is 12.4 Å². The number of hydrogen-bond donors (Lipinski definition) is 1. The average Bonchev–Trinajstić information content (AvgIpc) is 3.47. The number of hydrogen-bond acceptors (Lipinski definition) is 10. The van der Waals surface area contributed by atoms with Gasteiger partial charge in [-0.25, -0.2) is 14.6 Å². The van der Waals surface area contributed by atoms with Crippen molar-refractivity contribution in [1.82, 2.24) is 10.3 Å². The third kappa shape index (κ3) is 9.29. The van der Waals surface area contributed by atoms with Crippen LogP contribution >= 0.6 is 11.8 Å². The minimum Gasteiger partial charge on any atom is -0.461 e. The number of rotatable bonds is 10. The van der Waals surface area contributed by atoms with Crippen molar-refractivity contribution in [3.05, 3.63) is 101 Å². The van der Waals surface area contributed by atoms with E-state index in [1.807, 2.05) is 26.0 Å². The van der Waals surface area contributed by atoms with Gasteiger partial charge in [-0.3, -0.25) is 4.79 Å². The third-order valence-corrected chi connectivity index (χ3v) is 8.36. The molecule has 240 valence electrons. The fourth-order valence-corrected chi connectivity index (χ4v) is 6.14. The number of carbonyl (C=O) groups excluding carboxylic acids is 3. The number of thioether (sulfide) groups is 1. The van der Waals surface area contributed by atoms with Gasteiger partial charge in [0.1, 0.15) is 25.0 Å². The summed E-state index contributed by atoms with van der Waals surface area (Å²) in [7, 11) is 0. The van der Waals surface area contributed by atoms with Crippen molar-refractivity contribution in [2.24, 2.45) is 0 Å². The van der Waals surface area contributed by atoms with Gasteiger partial charge in [0.05, 0.1) is 23.5 Å². The predicted octanol–water partition coefficient (Wildman–Crippen LogP) is 5.54. The lowest BCUT2D eigenvalue weighted by Gasteiger charge is -2.35. The minimum absolute atomic E-state index is 0.00816. The van der Waals surface area contributed by atoms with Crippen LogP contribution in [0.25, 0.3) is 0 Å². The summed E-state index contributed by atoms with van der Waals surface area (Å²) in [5, 5.41) is 2.67. The van der Waals surface area contributed by atoms with Crippen LogP contribution in [-0.2, 0) is 35.0 Å². The summed E-state index contributed by atoms with van der Waals surface area (Å²) in [6.07, 6.45) is 9.41. The Morgan fingerprint density at radius 1 is 1.18 bits per heavy atom. The van der Waals surface area contributed by atoms with E-state index in [-0.39, 0.29) is 30.3 Å². The summed E-state index contributed by atoms with van der Waals surface area (Å²) in [6, 6.07) is 3.17. The maximum absolute atomic E-state index is 13.2. The van der Waals surface area contributed by atoms with Crippen molar-refractivity contribution in [2.45, 2.75) is 77.6 Å². The van der Waals surface area contributed by atoms with Gasteiger partial charge in [-0.2, -0.15) is 0 Å². The summed E-state index contributed by atoms with van der Waals surface area (Å²) >= 11 is 1.11. The van der Waals surface area contributed by atoms with Gasteiger partial charge in [-0.15, -0.1) is 11.8 Å². The maximum Gasteiger partial charge on any atom is 0.344 e. The van der Waals surface area contributed by atoms with Gasteiger partial charge in [0, 0.05) is 24.2 Å². The quantitative estimate of drug-likeness (QED) is 0.202. The van der Waals surface area contributed by atoms with Crippen LogP contribution in [-0.4, -0.2) is 59.5 Å². The van der Waals surface area contributed by atoms with Gasteiger partial charge in [-0.05, 0) is 38.8 Å². The zero-order valence-electron chi connectivity index (χ0n) is 26.1. The number of aryl methyl sites for hydroxylation is 3. The van der Waals surface area contributed by atoms with Gasteiger partial charge in [0.15, 0.2) is 17.9 Å². The molecule has 2 aliphatic rings. The fraction of sp³-hybridized carbons (Fsp3) is 0.412. The Labute approximate surface area is 267 Å². The number of nitrogens with one attached hydrogen (secondary N) is 1. The minimum atomic E-state index is -1.03. The zero-order valence-corrected chi connectivity index (χ0v) is 26.9. The Hall–Kier alpha value is -3.93.